The topological polar surface area (TPSA) is 68.2 Å². The van der Waals surface area contributed by atoms with Gasteiger partial charge in [0.15, 0.2) is 0 Å². The fourth-order valence-electron chi connectivity index (χ4n) is 6.77. The van der Waals surface area contributed by atoms with E-state index in [0.29, 0.717) is 11.6 Å². The molecule has 6 nitrogen and oxygen atoms in total. The van der Waals surface area contributed by atoms with Crippen molar-refractivity contribution < 1.29 is 19.1 Å². The van der Waals surface area contributed by atoms with Gasteiger partial charge in [-0.05, 0) is 87.5 Å². The lowest BCUT2D eigenvalue weighted by Gasteiger charge is -2.61. The van der Waals surface area contributed by atoms with Crippen LogP contribution in [0.3, 0.4) is 0 Å². The Hall–Kier alpha value is -2.37. The molecule has 5 aliphatic rings. The summed E-state index contributed by atoms with van der Waals surface area (Å²) < 4.78 is 11.7. The zero-order valence-corrected chi connectivity index (χ0v) is 17.3. The number of nitrogens with zero attached hydrogens (tertiary/aromatic N) is 2. The van der Waals surface area contributed by atoms with Crippen molar-refractivity contribution in [2.45, 2.75) is 65.0 Å². The molecule has 4 aliphatic carbocycles. The standard InChI is InChI=1S/C23H28N2O4/c1-14(26)25-22(3,23-11-16-8-17(12-23)10-18(9-16)13-23)29-21(24-25)19-4-6-20(7-5-19)28-15(2)27/h4-7,16-18H,8-13H2,1-3H3/t16?,17?,18?,22-,23?/m1/s1. The number of benzene rings is 1. The van der Waals surface area contributed by atoms with Crippen molar-refractivity contribution in [1.29, 1.82) is 0 Å². The molecule has 1 amide bonds. The molecule has 0 saturated heterocycles. The number of hydrogen-bond acceptors (Lipinski definition) is 5. The van der Waals surface area contributed by atoms with E-state index in [0.717, 1.165) is 42.6 Å². The smallest absolute Gasteiger partial charge is 0.308 e. The van der Waals surface area contributed by atoms with E-state index in [-0.39, 0.29) is 17.3 Å². The molecule has 0 aromatic heterocycles. The van der Waals surface area contributed by atoms with Crippen molar-refractivity contribution in [2.75, 3.05) is 0 Å². The van der Waals surface area contributed by atoms with Gasteiger partial charge in [-0.3, -0.25) is 9.59 Å². The van der Waals surface area contributed by atoms with Crippen LogP contribution in [0.4, 0.5) is 0 Å². The largest absolute Gasteiger partial charge is 0.447 e. The van der Waals surface area contributed by atoms with Gasteiger partial charge >= 0.3 is 5.97 Å². The summed E-state index contributed by atoms with van der Waals surface area (Å²) in [5.41, 5.74) is -0.00432. The average molecular weight is 396 g/mol. The molecule has 29 heavy (non-hydrogen) atoms. The predicted molar refractivity (Wildman–Crippen MR) is 107 cm³/mol. The maximum Gasteiger partial charge on any atom is 0.308 e. The molecule has 0 radical (unpaired) electrons. The Morgan fingerprint density at radius 3 is 2.07 bits per heavy atom. The molecule has 4 saturated carbocycles. The quantitative estimate of drug-likeness (QED) is 0.570. The van der Waals surface area contributed by atoms with Crippen molar-refractivity contribution in [1.82, 2.24) is 5.01 Å². The molecule has 154 valence electrons. The van der Waals surface area contributed by atoms with E-state index >= 15 is 0 Å². The second-order valence-corrected chi connectivity index (χ2v) is 9.64. The van der Waals surface area contributed by atoms with Crippen molar-refractivity contribution in [3.63, 3.8) is 0 Å². The first-order valence-corrected chi connectivity index (χ1v) is 10.7. The molecular weight excluding hydrogens is 368 g/mol. The van der Waals surface area contributed by atoms with Crippen LogP contribution in [0.25, 0.3) is 0 Å². The molecule has 6 rings (SSSR count). The number of amides is 1. The van der Waals surface area contributed by atoms with Gasteiger partial charge in [0, 0.05) is 24.8 Å². The third-order valence-corrected chi connectivity index (χ3v) is 7.57. The van der Waals surface area contributed by atoms with E-state index in [9.17, 15) is 9.59 Å². The van der Waals surface area contributed by atoms with Gasteiger partial charge in [0.2, 0.25) is 17.5 Å². The minimum atomic E-state index is -0.751. The first-order valence-electron chi connectivity index (χ1n) is 10.7. The molecule has 1 atom stereocenters. The van der Waals surface area contributed by atoms with E-state index in [4.69, 9.17) is 9.47 Å². The van der Waals surface area contributed by atoms with Crippen molar-refractivity contribution in [2.24, 2.45) is 28.3 Å². The number of esters is 1. The normalized spacial score (nSPS) is 37.3. The van der Waals surface area contributed by atoms with E-state index in [1.165, 1.54) is 26.2 Å². The van der Waals surface area contributed by atoms with Gasteiger partial charge in [-0.25, -0.2) is 0 Å². The molecule has 4 bridgehead atoms. The number of hydrazone groups is 1. The number of ether oxygens (including phenoxy) is 2. The van der Waals surface area contributed by atoms with E-state index in [1.807, 2.05) is 12.1 Å². The molecule has 0 spiro atoms. The Bertz CT molecular complexity index is 855. The van der Waals surface area contributed by atoms with Crippen molar-refractivity contribution >= 4 is 17.8 Å². The minimum absolute atomic E-state index is 0.0314. The molecule has 6 heteroatoms. The molecule has 1 aromatic rings. The van der Waals surface area contributed by atoms with Gasteiger partial charge in [0.1, 0.15) is 5.75 Å². The number of rotatable bonds is 3. The maximum absolute atomic E-state index is 12.6. The third kappa shape index (κ3) is 2.87. The summed E-state index contributed by atoms with van der Waals surface area (Å²) in [6.45, 7) is 5.00. The van der Waals surface area contributed by atoms with Gasteiger partial charge in [0.05, 0.1) is 0 Å². The Morgan fingerprint density at radius 1 is 1.03 bits per heavy atom. The summed E-state index contributed by atoms with van der Waals surface area (Å²) >= 11 is 0. The molecule has 0 N–H and O–H groups in total. The van der Waals surface area contributed by atoms with Crippen molar-refractivity contribution in [3.05, 3.63) is 29.8 Å². The molecule has 1 aliphatic heterocycles. The van der Waals surface area contributed by atoms with Gasteiger partial charge < -0.3 is 9.47 Å². The number of hydrogen-bond donors (Lipinski definition) is 0. The molecule has 1 heterocycles. The third-order valence-electron chi connectivity index (χ3n) is 7.57. The molecule has 4 fully saturated rings. The van der Waals surface area contributed by atoms with Crippen LogP contribution in [0.5, 0.6) is 5.75 Å². The highest BCUT2D eigenvalue weighted by Gasteiger charge is 2.65. The minimum Gasteiger partial charge on any atom is -0.447 e. The summed E-state index contributed by atoms with van der Waals surface area (Å²) in [5, 5.41) is 6.22. The Balaban J connectivity index is 1.46. The Labute approximate surface area is 171 Å². The summed E-state index contributed by atoms with van der Waals surface area (Å²) in [6, 6.07) is 7.09. The van der Waals surface area contributed by atoms with Gasteiger partial charge in [0.25, 0.3) is 0 Å². The van der Waals surface area contributed by atoms with Crippen molar-refractivity contribution in [3.8, 4) is 5.75 Å². The monoisotopic (exact) mass is 396 g/mol. The lowest BCUT2D eigenvalue weighted by molar-refractivity contribution is -0.216. The zero-order chi connectivity index (χ0) is 20.4. The fraction of sp³-hybridized carbons (Fsp3) is 0.609. The lowest BCUT2D eigenvalue weighted by atomic mass is 9.47. The van der Waals surface area contributed by atoms with Crippen LogP contribution in [0.2, 0.25) is 0 Å². The summed E-state index contributed by atoms with van der Waals surface area (Å²) in [5.74, 6) is 2.76. The second kappa shape index (κ2) is 6.31. The number of carbonyl (C=O) groups excluding carboxylic acids is 2. The lowest BCUT2D eigenvalue weighted by Crippen LogP contribution is -2.63. The molecular formula is C23H28N2O4. The number of carbonyl (C=O) groups is 2. The van der Waals surface area contributed by atoms with E-state index in [2.05, 4.69) is 12.0 Å². The Morgan fingerprint density at radius 2 is 1.59 bits per heavy atom. The van der Waals surface area contributed by atoms with Crippen LogP contribution < -0.4 is 4.74 Å². The first kappa shape index (κ1) is 18.6. The van der Waals surface area contributed by atoms with Gasteiger partial charge in [-0.1, -0.05) is 0 Å². The van der Waals surface area contributed by atoms with E-state index in [1.54, 1.807) is 24.1 Å². The van der Waals surface area contributed by atoms with Crippen LogP contribution >= 0.6 is 0 Å². The Kier molecular flexibility index (Phi) is 4.06. The summed E-state index contributed by atoms with van der Waals surface area (Å²) in [4.78, 5) is 23.7. The van der Waals surface area contributed by atoms with Crippen LogP contribution in [0.1, 0.15) is 64.9 Å². The first-order chi connectivity index (χ1) is 13.8. The highest BCUT2D eigenvalue weighted by Crippen LogP contribution is 2.65. The average Bonchev–Trinajstić information content (AvgIpc) is 3.00. The fourth-order valence-corrected chi connectivity index (χ4v) is 6.77. The van der Waals surface area contributed by atoms with Crippen LogP contribution in [-0.4, -0.2) is 28.5 Å². The summed E-state index contributed by atoms with van der Waals surface area (Å²) in [6.07, 6.45) is 7.36. The molecule has 1 aromatic carbocycles. The van der Waals surface area contributed by atoms with E-state index < -0.39 is 5.72 Å². The second-order valence-electron chi connectivity index (χ2n) is 9.64. The molecule has 0 unspecified atom stereocenters. The van der Waals surface area contributed by atoms with Crippen LogP contribution in [-0.2, 0) is 14.3 Å². The SMILES string of the molecule is CC(=O)Oc1ccc(C2=NN(C(C)=O)[C@@](C)(C34CC5CC(CC(C5)C3)C4)O2)cc1. The van der Waals surface area contributed by atoms with Gasteiger partial charge in [-0.2, -0.15) is 5.01 Å². The van der Waals surface area contributed by atoms with Crippen LogP contribution in [0.15, 0.2) is 29.4 Å². The highest BCUT2D eigenvalue weighted by atomic mass is 16.6. The van der Waals surface area contributed by atoms with Gasteiger partial charge in [-0.15, -0.1) is 5.10 Å². The van der Waals surface area contributed by atoms with Crippen LogP contribution in [0, 0.1) is 23.2 Å². The zero-order valence-electron chi connectivity index (χ0n) is 17.3. The maximum atomic E-state index is 12.6. The highest BCUT2D eigenvalue weighted by molar-refractivity contribution is 5.96. The predicted octanol–water partition coefficient (Wildman–Crippen LogP) is 4.08. The summed E-state index contributed by atoms with van der Waals surface area (Å²) in [7, 11) is 0.